The van der Waals surface area contributed by atoms with E-state index in [9.17, 15) is 4.79 Å². The minimum absolute atomic E-state index is 0.218. The molecular weight excluding hydrogens is 328 g/mol. The van der Waals surface area contributed by atoms with Gasteiger partial charge < -0.3 is 14.8 Å². The van der Waals surface area contributed by atoms with Gasteiger partial charge in [0, 0.05) is 5.56 Å². The van der Waals surface area contributed by atoms with Crippen molar-refractivity contribution in [1.82, 2.24) is 9.97 Å². The third-order valence-corrected chi connectivity index (χ3v) is 4.09. The lowest BCUT2D eigenvalue weighted by atomic mass is 10.2. The molecule has 4 rings (SSSR count). The summed E-state index contributed by atoms with van der Waals surface area (Å²) < 4.78 is 5.86. The summed E-state index contributed by atoms with van der Waals surface area (Å²) in [6.45, 7) is 0.492. The van der Waals surface area contributed by atoms with E-state index in [0.717, 1.165) is 22.4 Å². The van der Waals surface area contributed by atoms with Crippen LogP contribution in [0.4, 0.5) is 0 Å². The molecule has 5 nitrogen and oxygen atoms in total. The topological polar surface area (TPSA) is 75.2 Å². The van der Waals surface area contributed by atoms with E-state index in [0.29, 0.717) is 17.9 Å². The van der Waals surface area contributed by atoms with E-state index in [1.807, 2.05) is 54.6 Å². The Kier molecular flexibility index (Phi) is 4.11. The fourth-order valence-corrected chi connectivity index (χ4v) is 2.75. The number of hydrogen-bond donors (Lipinski definition) is 2. The van der Waals surface area contributed by atoms with Crippen LogP contribution in [-0.4, -0.2) is 21.0 Å². The molecule has 0 aliphatic heterocycles. The van der Waals surface area contributed by atoms with Crippen molar-refractivity contribution in [1.29, 1.82) is 0 Å². The van der Waals surface area contributed by atoms with Crippen LogP contribution in [0.25, 0.3) is 22.4 Å². The number of benzene rings is 3. The minimum Gasteiger partial charge on any atom is -0.489 e. The van der Waals surface area contributed by atoms with Crippen molar-refractivity contribution in [3.63, 3.8) is 0 Å². The molecule has 4 aromatic rings. The number of aromatic carboxylic acids is 1. The second kappa shape index (κ2) is 6.72. The molecule has 5 heteroatoms. The number of carbonyl (C=O) groups is 1. The van der Waals surface area contributed by atoms with Crippen LogP contribution in [0.1, 0.15) is 15.9 Å². The molecule has 128 valence electrons. The number of hydrogen-bond acceptors (Lipinski definition) is 3. The number of fused-ring (bicyclic) bond motifs is 1. The Bertz CT molecular complexity index is 1070. The van der Waals surface area contributed by atoms with Gasteiger partial charge in [-0.15, -0.1) is 0 Å². The van der Waals surface area contributed by atoms with Crippen LogP contribution in [0, 0.1) is 0 Å². The maximum absolute atomic E-state index is 11.1. The van der Waals surface area contributed by atoms with Gasteiger partial charge in [0.15, 0.2) is 0 Å². The lowest BCUT2D eigenvalue weighted by Gasteiger charge is -2.07. The molecule has 0 spiro atoms. The van der Waals surface area contributed by atoms with E-state index >= 15 is 0 Å². The van der Waals surface area contributed by atoms with Gasteiger partial charge in [0.25, 0.3) is 0 Å². The van der Waals surface area contributed by atoms with E-state index in [-0.39, 0.29) is 5.56 Å². The standard InChI is InChI=1S/C21H16N2O3/c24-21(25)16-9-10-18-19(12-16)23-20(22-18)15-7-4-8-17(11-15)26-13-14-5-2-1-3-6-14/h1-12H,13H2,(H,22,23)(H,24,25). The van der Waals surface area contributed by atoms with Crippen molar-refractivity contribution in [2.24, 2.45) is 0 Å². The van der Waals surface area contributed by atoms with E-state index in [2.05, 4.69) is 9.97 Å². The molecular formula is C21H16N2O3. The van der Waals surface area contributed by atoms with Crippen LogP contribution in [0.3, 0.4) is 0 Å². The van der Waals surface area contributed by atoms with Crippen LogP contribution in [0.15, 0.2) is 72.8 Å². The molecule has 1 heterocycles. The number of ether oxygens (including phenoxy) is 1. The number of rotatable bonds is 5. The molecule has 1 aromatic heterocycles. The summed E-state index contributed by atoms with van der Waals surface area (Å²) in [4.78, 5) is 18.8. The number of aromatic nitrogens is 2. The van der Waals surface area contributed by atoms with E-state index in [1.165, 1.54) is 0 Å². The van der Waals surface area contributed by atoms with Crippen molar-refractivity contribution < 1.29 is 14.6 Å². The second-order valence-corrected chi connectivity index (χ2v) is 5.92. The van der Waals surface area contributed by atoms with Gasteiger partial charge in [-0.05, 0) is 35.9 Å². The maximum Gasteiger partial charge on any atom is 0.335 e. The fourth-order valence-electron chi connectivity index (χ4n) is 2.75. The predicted molar refractivity (Wildman–Crippen MR) is 99.3 cm³/mol. The van der Waals surface area contributed by atoms with Gasteiger partial charge in [-0.1, -0.05) is 42.5 Å². The molecule has 0 fully saturated rings. The number of aromatic amines is 1. The summed E-state index contributed by atoms with van der Waals surface area (Å²) in [6.07, 6.45) is 0. The summed E-state index contributed by atoms with van der Waals surface area (Å²) >= 11 is 0. The second-order valence-electron chi connectivity index (χ2n) is 5.92. The van der Waals surface area contributed by atoms with E-state index in [4.69, 9.17) is 9.84 Å². The first-order chi connectivity index (χ1) is 12.7. The van der Waals surface area contributed by atoms with Gasteiger partial charge in [0.2, 0.25) is 0 Å². The van der Waals surface area contributed by atoms with Crippen molar-refractivity contribution in [3.8, 4) is 17.1 Å². The van der Waals surface area contributed by atoms with Crippen molar-refractivity contribution in [2.75, 3.05) is 0 Å². The molecule has 0 amide bonds. The zero-order chi connectivity index (χ0) is 17.9. The summed E-state index contributed by atoms with van der Waals surface area (Å²) in [5.74, 6) is 0.457. The summed E-state index contributed by atoms with van der Waals surface area (Å²) in [5.41, 5.74) is 3.61. The quantitative estimate of drug-likeness (QED) is 0.559. The molecule has 0 saturated heterocycles. The molecule has 0 saturated carbocycles. The molecule has 0 atom stereocenters. The normalized spacial score (nSPS) is 10.8. The van der Waals surface area contributed by atoms with Crippen LogP contribution in [0.5, 0.6) is 5.75 Å². The maximum atomic E-state index is 11.1. The Labute approximate surface area is 149 Å². The molecule has 0 aliphatic carbocycles. The Balaban J connectivity index is 1.59. The first-order valence-electron chi connectivity index (χ1n) is 8.19. The van der Waals surface area contributed by atoms with E-state index < -0.39 is 5.97 Å². The summed E-state index contributed by atoms with van der Waals surface area (Å²) in [7, 11) is 0. The van der Waals surface area contributed by atoms with Crippen LogP contribution < -0.4 is 4.74 Å². The Hall–Kier alpha value is -3.60. The number of imidazole rings is 1. The smallest absolute Gasteiger partial charge is 0.335 e. The number of nitrogens with one attached hydrogen (secondary N) is 1. The van der Waals surface area contributed by atoms with Crippen molar-refractivity contribution in [3.05, 3.63) is 83.9 Å². The lowest BCUT2D eigenvalue weighted by Crippen LogP contribution is -1.95. The minimum atomic E-state index is -0.965. The molecule has 0 bridgehead atoms. The third-order valence-electron chi connectivity index (χ3n) is 4.09. The highest BCUT2D eigenvalue weighted by atomic mass is 16.5. The van der Waals surface area contributed by atoms with Gasteiger partial charge in [0.05, 0.1) is 16.6 Å². The van der Waals surface area contributed by atoms with Crippen molar-refractivity contribution in [2.45, 2.75) is 6.61 Å². The summed E-state index contributed by atoms with van der Waals surface area (Å²) in [5, 5.41) is 9.10. The third kappa shape index (κ3) is 3.28. The first-order valence-corrected chi connectivity index (χ1v) is 8.19. The first kappa shape index (κ1) is 15.9. The highest BCUT2D eigenvalue weighted by molar-refractivity contribution is 5.93. The monoisotopic (exact) mass is 344 g/mol. The van der Waals surface area contributed by atoms with Gasteiger partial charge in [-0.2, -0.15) is 0 Å². The summed E-state index contributed by atoms with van der Waals surface area (Å²) in [6, 6.07) is 22.5. The van der Waals surface area contributed by atoms with Crippen LogP contribution in [0.2, 0.25) is 0 Å². The molecule has 0 aliphatic rings. The number of nitrogens with zero attached hydrogens (tertiary/aromatic N) is 1. The van der Waals surface area contributed by atoms with Gasteiger partial charge in [-0.3, -0.25) is 0 Å². The lowest BCUT2D eigenvalue weighted by molar-refractivity contribution is 0.0697. The van der Waals surface area contributed by atoms with E-state index in [1.54, 1.807) is 18.2 Å². The van der Waals surface area contributed by atoms with Gasteiger partial charge in [0.1, 0.15) is 18.2 Å². The highest BCUT2D eigenvalue weighted by Gasteiger charge is 2.09. The largest absolute Gasteiger partial charge is 0.489 e. The zero-order valence-corrected chi connectivity index (χ0v) is 13.8. The Morgan fingerprint density at radius 3 is 2.65 bits per heavy atom. The average molecular weight is 344 g/mol. The van der Waals surface area contributed by atoms with Crippen LogP contribution in [-0.2, 0) is 6.61 Å². The number of H-pyrrole nitrogens is 1. The Morgan fingerprint density at radius 1 is 1.00 bits per heavy atom. The highest BCUT2D eigenvalue weighted by Crippen LogP contribution is 2.25. The fraction of sp³-hybridized carbons (Fsp3) is 0.0476. The van der Waals surface area contributed by atoms with Crippen LogP contribution >= 0.6 is 0 Å². The molecule has 3 aromatic carbocycles. The van der Waals surface area contributed by atoms with Gasteiger partial charge >= 0.3 is 5.97 Å². The zero-order valence-electron chi connectivity index (χ0n) is 13.8. The molecule has 2 N–H and O–H groups in total. The number of carboxylic acid groups (broad SMARTS) is 1. The van der Waals surface area contributed by atoms with Gasteiger partial charge in [-0.25, -0.2) is 9.78 Å². The SMILES string of the molecule is O=C(O)c1ccc2[nH]c(-c3cccc(OCc4ccccc4)c3)nc2c1. The predicted octanol–water partition coefficient (Wildman–Crippen LogP) is 4.51. The molecule has 0 unspecified atom stereocenters. The molecule has 26 heavy (non-hydrogen) atoms. The molecule has 0 radical (unpaired) electrons. The Morgan fingerprint density at radius 2 is 1.85 bits per heavy atom. The number of carboxylic acids is 1. The van der Waals surface area contributed by atoms with Crippen molar-refractivity contribution >= 4 is 17.0 Å². The average Bonchev–Trinajstić information content (AvgIpc) is 3.11.